The highest BCUT2D eigenvalue weighted by Gasteiger charge is 2.47. The van der Waals surface area contributed by atoms with Crippen molar-refractivity contribution in [3.63, 3.8) is 0 Å². The number of rotatable bonds is 8. The number of hydrogen-bond acceptors (Lipinski definition) is 9. The van der Waals surface area contributed by atoms with Crippen LogP contribution in [-0.2, 0) is 25.9 Å². The van der Waals surface area contributed by atoms with Crippen LogP contribution in [0.15, 0.2) is 30.5 Å². The molecule has 252 valence electrons. The Kier molecular flexibility index (Phi) is 9.31. The molecule has 1 saturated heterocycles. The SMILES string of the molecule is Cc1cc(Nc2nccc(-c3cc(C#N)c4c(c3)[C@@](C)(CO[Si](C)(C)C(C)(C)C)CN4C(=O)OC(C)(C)C)n2)n(CC2CCCO2)n1. The van der Waals surface area contributed by atoms with Crippen molar-refractivity contribution in [2.45, 2.75) is 110 Å². The highest BCUT2D eigenvalue weighted by molar-refractivity contribution is 6.74. The van der Waals surface area contributed by atoms with Gasteiger partial charge in [-0.15, -0.1) is 0 Å². The van der Waals surface area contributed by atoms with Crippen molar-refractivity contribution >= 4 is 31.9 Å². The van der Waals surface area contributed by atoms with Crippen molar-refractivity contribution in [3.05, 3.63) is 47.3 Å². The van der Waals surface area contributed by atoms with Crippen LogP contribution in [0.2, 0.25) is 18.1 Å². The van der Waals surface area contributed by atoms with E-state index in [2.05, 4.69) is 62.3 Å². The summed E-state index contributed by atoms with van der Waals surface area (Å²) in [5.41, 5.74) is 2.78. The minimum absolute atomic E-state index is 0.0116. The molecule has 1 unspecified atom stereocenters. The molecule has 2 aromatic heterocycles. The average Bonchev–Trinajstić information content (AvgIpc) is 3.69. The fourth-order valence-corrected chi connectivity index (χ4v) is 6.86. The van der Waals surface area contributed by atoms with Gasteiger partial charge in [-0.25, -0.2) is 19.4 Å². The zero-order valence-corrected chi connectivity index (χ0v) is 30.5. The summed E-state index contributed by atoms with van der Waals surface area (Å²) in [4.78, 5) is 24.5. The number of aryl methyl sites for hydroxylation is 1. The zero-order chi connectivity index (χ0) is 34.4. The Morgan fingerprint density at radius 3 is 2.60 bits per heavy atom. The number of benzene rings is 1. The lowest BCUT2D eigenvalue weighted by Crippen LogP contribution is -2.46. The number of hydrogen-bond donors (Lipinski definition) is 1. The summed E-state index contributed by atoms with van der Waals surface area (Å²) in [6, 6.07) is 9.97. The molecule has 0 radical (unpaired) electrons. The van der Waals surface area contributed by atoms with E-state index in [1.54, 1.807) is 17.2 Å². The van der Waals surface area contributed by atoms with Crippen molar-refractivity contribution < 1.29 is 18.7 Å². The minimum Gasteiger partial charge on any atom is -0.443 e. The molecule has 1 fully saturated rings. The topological polar surface area (TPSA) is 127 Å². The first-order chi connectivity index (χ1) is 21.9. The molecule has 12 heteroatoms. The highest BCUT2D eigenvalue weighted by atomic mass is 28.4. The van der Waals surface area contributed by atoms with Crippen molar-refractivity contribution in [2.75, 3.05) is 30.0 Å². The van der Waals surface area contributed by atoms with E-state index in [-0.39, 0.29) is 11.1 Å². The highest BCUT2D eigenvalue weighted by Crippen LogP contribution is 2.47. The number of fused-ring (bicyclic) bond motifs is 1. The van der Waals surface area contributed by atoms with Gasteiger partial charge in [-0.1, -0.05) is 27.7 Å². The summed E-state index contributed by atoms with van der Waals surface area (Å²) in [6.07, 6.45) is 3.41. The number of amides is 1. The Balaban J connectivity index is 1.52. The van der Waals surface area contributed by atoms with Gasteiger partial charge in [0.1, 0.15) is 17.5 Å². The number of ether oxygens (including phenoxy) is 2. The fraction of sp³-hybridized carbons (Fsp3) is 0.571. The number of nitriles is 1. The Hall–Kier alpha value is -3.79. The molecule has 0 spiro atoms. The van der Waals surface area contributed by atoms with Gasteiger partial charge in [0, 0.05) is 43.0 Å². The van der Waals surface area contributed by atoms with Crippen LogP contribution in [0, 0.1) is 18.3 Å². The molecule has 47 heavy (non-hydrogen) atoms. The van der Waals surface area contributed by atoms with Gasteiger partial charge >= 0.3 is 6.09 Å². The van der Waals surface area contributed by atoms with Crippen LogP contribution in [-0.4, -0.2) is 65.6 Å². The Morgan fingerprint density at radius 1 is 1.21 bits per heavy atom. The second-order valence-electron chi connectivity index (χ2n) is 15.6. The quantitative estimate of drug-likeness (QED) is 0.245. The molecule has 1 aromatic carbocycles. The lowest BCUT2D eigenvalue weighted by atomic mass is 9.83. The third kappa shape index (κ3) is 7.53. The number of nitrogens with zero attached hydrogens (tertiary/aromatic N) is 6. The van der Waals surface area contributed by atoms with Crippen LogP contribution in [0.25, 0.3) is 11.3 Å². The van der Waals surface area contributed by atoms with Crippen LogP contribution in [0.5, 0.6) is 0 Å². The molecule has 2 aliphatic rings. The molecular formula is C35H49N7O4Si. The summed E-state index contributed by atoms with van der Waals surface area (Å²) >= 11 is 0. The molecular weight excluding hydrogens is 611 g/mol. The zero-order valence-electron chi connectivity index (χ0n) is 29.5. The number of anilines is 3. The number of carbonyl (C=O) groups excluding carboxylic acids is 1. The van der Waals surface area contributed by atoms with Crippen molar-refractivity contribution in [2.24, 2.45) is 0 Å². The molecule has 1 amide bonds. The number of nitrogens with one attached hydrogen (secondary N) is 1. The normalized spacial score (nSPS) is 19.9. The molecule has 0 bridgehead atoms. The van der Waals surface area contributed by atoms with E-state index in [9.17, 15) is 10.1 Å². The predicted molar refractivity (Wildman–Crippen MR) is 185 cm³/mol. The smallest absolute Gasteiger partial charge is 0.414 e. The van der Waals surface area contributed by atoms with Crippen LogP contribution >= 0.6 is 0 Å². The molecule has 4 heterocycles. The van der Waals surface area contributed by atoms with Crippen molar-refractivity contribution in [1.82, 2.24) is 19.7 Å². The van der Waals surface area contributed by atoms with Crippen LogP contribution in [0.1, 0.15) is 78.1 Å². The van der Waals surface area contributed by atoms with Gasteiger partial charge in [0.2, 0.25) is 5.95 Å². The number of carbonyl (C=O) groups is 1. The molecule has 3 aromatic rings. The van der Waals surface area contributed by atoms with E-state index < -0.39 is 25.4 Å². The first-order valence-corrected chi connectivity index (χ1v) is 19.3. The van der Waals surface area contributed by atoms with Gasteiger partial charge in [0.15, 0.2) is 8.32 Å². The average molecular weight is 660 g/mol. The van der Waals surface area contributed by atoms with Gasteiger partial charge in [0.05, 0.1) is 35.3 Å². The molecule has 5 rings (SSSR count). The van der Waals surface area contributed by atoms with Crippen LogP contribution in [0.3, 0.4) is 0 Å². The van der Waals surface area contributed by atoms with Crippen LogP contribution in [0.4, 0.5) is 22.2 Å². The van der Waals surface area contributed by atoms with E-state index in [1.807, 2.05) is 50.6 Å². The van der Waals surface area contributed by atoms with Gasteiger partial charge in [0.25, 0.3) is 0 Å². The van der Waals surface area contributed by atoms with Gasteiger partial charge in [-0.3, -0.25) is 4.90 Å². The van der Waals surface area contributed by atoms with E-state index in [4.69, 9.17) is 18.9 Å². The van der Waals surface area contributed by atoms with Gasteiger partial charge < -0.3 is 19.2 Å². The second kappa shape index (κ2) is 12.7. The fourth-order valence-electron chi connectivity index (χ4n) is 5.74. The third-order valence-electron chi connectivity index (χ3n) is 9.32. The third-order valence-corrected chi connectivity index (χ3v) is 13.8. The van der Waals surface area contributed by atoms with Gasteiger partial charge in [-0.2, -0.15) is 10.4 Å². The first kappa shape index (κ1) is 34.5. The molecule has 2 aliphatic heterocycles. The van der Waals surface area contributed by atoms with E-state index in [0.717, 1.165) is 42.1 Å². The van der Waals surface area contributed by atoms with E-state index in [0.29, 0.717) is 42.6 Å². The summed E-state index contributed by atoms with van der Waals surface area (Å²) in [5.74, 6) is 1.19. The summed E-state index contributed by atoms with van der Waals surface area (Å²) in [6.45, 7) is 22.8. The lowest BCUT2D eigenvalue weighted by molar-refractivity contribution is 0.0575. The second-order valence-corrected chi connectivity index (χ2v) is 20.4. The Morgan fingerprint density at radius 2 is 1.96 bits per heavy atom. The lowest BCUT2D eigenvalue weighted by Gasteiger charge is -2.39. The van der Waals surface area contributed by atoms with E-state index in [1.165, 1.54) is 0 Å². The summed E-state index contributed by atoms with van der Waals surface area (Å²) in [5, 5.41) is 18.4. The van der Waals surface area contributed by atoms with Crippen LogP contribution < -0.4 is 10.2 Å². The predicted octanol–water partition coefficient (Wildman–Crippen LogP) is 7.48. The standard InChI is InChI=1S/C35H49N7O4Si/c1-23-16-29(42(40-23)20-26-12-11-15-44-26)39-31-37-14-13-28(38-31)24-17-25(19-36)30-27(18-24)35(8,22-45-47(9,10)34(5,6)7)21-41(30)32(43)46-33(2,3)4/h13-14,16-18,26H,11-12,15,20-22H2,1-10H3,(H,37,38,39)/t26?,35-/m1/s1. The summed E-state index contributed by atoms with van der Waals surface area (Å²) < 4.78 is 20.3. The monoisotopic (exact) mass is 659 g/mol. The summed E-state index contributed by atoms with van der Waals surface area (Å²) in [7, 11) is -2.13. The maximum absolute atomic E-state index is 13.6. The Labute approximate surface area is 279 Å². The first-order valence-electron chi connectivity index (χ1n) is 16.4. The largest absolute Gasteiger partial charge is 0.443 e. The van der Waals surface area contributed by atoms with E-state index >= 15 is 0 Å². The molecule has 0 aliphatic carbocycles. The maximum Gasteiger partial charge on any atom is 0.414 e. The van der Waals surface area contributed by atoms with Gasteiger partial charge in [-0.05, 0) is 82.4 Å². The number of aromatic nitrogens is 4. The van der Waals surface area contributed by atoms with Crippen molar-refractivity contribution in [3.8, 4) is 17.3 Å². The maximum atomic E-state index is 13.6. The molecule has 11 nitrogen and oxygen atoms in total. The molecule has 2 atom stereocenters. The van der Waals surface area contributed by atoms with Crippen molar-refractivity contribution in [1.29, 1.82) is 5.26 Å². The Bertz CT molecular complexity index is 1680. The minimum atomic E-state index is -2.13. The molecule has 1 N–H and O–H groups in total. The molecule has 0 saturated carbocycles.